The zero-order valence-corrected chi connectivity index (χ0v) is 8.69. The van der Waals surface area contributed by atoms with Crippen molar-refractivity contribution < 1.29 is 10.2 Å². The summed E-state index contributed by atoms with van der Waals surface area (Å²) in [6.45, 7) is 0.0670. The van der Waals surface area contributed by atoms with Gasteiger partial charge in [-0.15, -0.1) is 10.2 Å². The van der Waals surface area contributed by atoms with Crippen molar-refractivity contribution in [3.63, 3.8) is 0 Å². The van der Waals surface area contributed by atoms with Crippen LogP contribution in [0, 0.1) is 5.92 Å². The maximum Gasteiger partial charge on any atom is 0.196 e. The Morgan fingerprint density at radius 3 is 2.94 bits per heavy atom. The van der Waals surface area contributed by atoms with Crippen LogP contribution in [-0.2, 0) is 6.42 Å². The molecule has 0 radical (unpaired) electrons. The molecule has 16 heavy (non-hydrogen) atoms. The summed E-state index contributed by atoms with van der Waals surface area (Å²) in [5, 5.41) is 29.9. The van der Waals surface area contributed by atoms with E-state index in [1.54, 1.807) is 10.7 Å². The molecule has 0 aliphatic heterocycles. The number of nitrogens with zero attached hydrogens (tertiary/aromatic N) is 5. The van der Waals surface area contributed by atoms with Crippen molar-refractivity contribution in [2.45, 2.75) is 12.8 Å². The molecule has 2 rings (SSSR count). The van der Waals surface area contributed by atoms with Crippen LogP contribution in [-0.4, -0.2) is 48.2 Å². The SMILES string of the molecule is OCCC(CO)Cc1nnc2cncnn12. The maximum atomic E-state index is 9.13. The fourth-order valence-electron chi connectivity index (χ4n) is 1.54. The topological polar surface area (TPSA) is 96.4 Å². The molecule has 0 aliphatic rings. The Kier molecular flexibility index (Phi) is 3.37. The molecule has 0 saturated carbocycles. The molecule has 0 saturated heterocycles. The number of fused-ring (bicyclic) bond motifs is 1. The van der Waals surface area contributed by atoms with Crippen LogP contribution in [0.4, 0.5) is 0 Å². The van der Waals surface area contributed by atoms with Crippen molar-refractivity contribution in [1.29, 1.82) is 0 Å². The third kappa shape index (κ3) is 2.15. The van der Waals surface area contributed by atoms with Gasteiger partial charge in [-0.2, -0.15) is 9.61 Å². The van der Waals surface area contributed by atoms with E-state index in [9.17, 15) is 0 Å². The van der Waals surface area contributed by atoms with E-state index in [2.05, 4.69) is 20.3 Å². The molecular weight excluding hydrogens is 210 g/mol. The normalized spacial score (nSPS) is 13.1. The first-order chi connectivity index (χ1) is 7.85. The minimum Gasteiger partial charge on any atom is -0.396 e. The molecule has 1 unspecified atom stereocenters. The summed E-state index contributed by atoms with van der Waals surface area (Å²) >= 11 is 0. The molecule has 2 heterocycles. The molecule has 0 bridgehead atoms. The van der Waals surface area contributed by atoms with Crippen LogP contribution in [0.25, 0.3) is 5.65 Å². The summed E-state index contributed by atoms with van der Waals surface area (Å²) in [5.74, 6) is 0.650. The molecule has 86 valence electrons. The Morgan fingerprint density at radius 2 is 2.19 bits per heavy atom. The van der Waals surface area contributed by atoms with Crippen molar-refractivity contribution in [2.24, 2.45) is 5.92 Å². The highest BCUT2D eigenvalue weighted by molar-refractivity contribution is 5.31. The van der Waals surface area contributed by atoms with E-state index >= 15 is 0 Å². The quantitative estimate of drug-likeness (QED) is 0.678. The predicted octanol–water partition coefficient (Wildman–Crippen LogP) is -0.947. The molecular formula is C9H13N5O2. The third-order valence-corrected chi connectivity index (χ3v) is 2.42. The number of aliphatic hydroxyl groups excluding tert-OH is 2. The monoisotopic (exact) mass is 223 g/mol. The largest absolute Gasteiger partial charge is 0.396 e. The maximum absolute atomic E-state index is 9.13. The molecule has 0 fully saturated rings. The number of rotatable bonds is 5. The van der Waals surface area contributed by atoms with Gasteiger partial charge in [-0.3, -0.25) is 0 Å². The second kappa shape index (κ2) is 4.95. The second-order valence-corrected chi connectivity index (χ2v) is 3.56. The highest BCUT2D eigenvalue weighted by atomic mass is 16.3. The Labute approximate surface area is 91.8 Å². The summed E-state index contributed by atoms with van der Waals surface area (Å²) < 4.78 is 1.59. The van der Waals surface area contributed by atoms with E-state index < -0.39 is 0 Å². The highest BCUT2D eigenvalue weighted by Crippen LogP contribution is 2.10. The average molecular weight is 223 g/mol. The minimum atomic E-state index is -0.0210. The zero-order chi connectivity index (χ0) is 11.4. The van der Waals surface area contributed by atoms with Crippen LogP contribution in [0.1, 0.15) is 12.2 Å². The fraction of sp³-hybridized carbons (Fsp3) is 0.556. The lowest BCUT2D eigenvalue weighted by molar-refractivity contribution is 0.181. The van der Waals surface area contributed by atoms with Gasteiger partial charge in [-0.05, 0) is 12.3 Å². The van der Waals surface area contributed by atoms with E-state index in [1.807, 2.05) is 0 Å². The van der Waals surface area contributed by atoms with E-state index in [0.29, 0.717) is 24.3 Å². The summed E-state index contributed by atoms with van der Waals surface area (Å²) in [6.07, 6.45) is 4.06. The standard InChI is InChI=1S/C9H13N5O2/c15-2-1-7(5-16)3-8-12-13-9-4-10-6-11-14(8)9/h4,6-7,15-16H,1-3,5H2. The number of hydrogen-bond acceptors (Lipinski definition) is 6. The summed E-state index contributed by atoms with van der Waals surface area (Å²) in [5.41, 5.74) is 0.582. The van der Waals surface area contributed by atoms with Gasteiger partial charge < -0.3 is 10.2 Å². The highest BCUT2D eigenvalue weighted by Gasteiger charge is 2.13. The van der Waals surface area contributed by atoms with E-state index in [0.717, 1.165) is 0 Å². The zero-order valence-electron chi connectivity index (χ0n) is 8.69. The molecule has 7 nitrogen and oxygen atoms in total. The number of aromatic nitrogens is 5. The molecule has 0 amide bonds. The van der Waals surface area contributed by atoms with Gasteiger partial charge in [0, 0.05) is 19.6 Å². The Balaban J connectivity index is 2.20. The van der Waals surface area contributed by atoms with Crippen molar-refractivity contribution in [3.8, 4) is 0 Å². The van der Waals surface area contributed by atoms with Gasteiger partial charge in [-0.1, -0.05) is 0 Å². The van der Waals surface area contributed by atoms with E-state index in [1.165, 1.54) is 6.33 Å². The van der Waals surface area contributed by atoms with E-state index in [-0.39, 0.29) is 19.1 Å². The van der Waals surface area contributed by atoms with Gasteiger partial charge in [0.1, 0.15) is 6.33 Å². The van der Waals surface area contributed by atoms with Crippen molar-refractivity contribution in [1.82, 2.24) is 24.8 Å². The van der Waals surface area contributed by atoms with Crippen LogP contribution in [0.15, 0.2) is 12.5 Å². The van der Waals surface area contributed by atoms with Crippen LogP contribution in [0.3, 0.4) is 0 Å². The molecule has 0 aromatic carbocycles. The molecule has 0 spiro atoms. The van der Waals surface area contributed by atoms with Crippen molar-refractivity contribution in [3.05, 3.63) is 18.3 Å². The molecule has 2 aromatic heterocycles. The molecule has 2 N–H and O–H groups in total. The van der Waals surface area contributed by atoms with Gasteiger partial charge in [0.15, 0.2) is 11.5 Å². The fourth-order valence-corrected chi connectivity index (χ4v) is 1.54. The van der Waals surface area contributed by atoms with Crippen LogP contribution < -0.4 is 0 Å². The smallest absolute Gasteiger partial charge is 0.196 e. The van der Waals surface area contributed by atoms with Crippen molar-refractivity contribution >= 4 is 5.65 Å². The first kappa shape index (κ1) is 10.9. The van der Waals surface area contributed by atoms with Gasteiger partial charge in [0.25, 0.3) is 0 Å². The van der Waals surface area contributed by atoms with Crippen molar-refractivity contribution in [2.75, 3.05) is 13.2 Å². The van der Waals surface area contributed by atoms with Crippen LogP contribution >= 0.6 is 0 Å². The lowest BCUT2D eigenvalue weighted by Gasteiger charge is -2.10. The Bertz CT molecular complexity index is 458. The second-order valence-electron chi connectivity index (χ2n) is 3.56. The molecule has 7 heteroatoms. The lowest BCUT2D eigenvalue weighted by atomic mass is 10.0. The minimum absolute atomic E-state index is 0.0144. The third-order valence-electron chi connectivity index (χ3n) is 2.42. The average Bonchev–Trinajstić information content (AvgIpc) is 2.72. The van der Waals surface area contributed by atoms with Gasteiger partial charge in [0.2, 0.25) is 0 Å². The predicted molar refractivity (Wildman–Crippen MR) is 54.6 cm³/mol. The summed E-state index contributed by atoms with van der Waals surface area (Å²) in [4.78, 5) is 3.84. The summed E-state index contributed by atoms with van der Waals surface area (Å²) in [6, 6.07) is 0. The van der Waals surface area contributed by atoms with Crippen LogP contribution in [0.5, 0.6) is 0 Å². The molecule has 0 aliphatic carbocycles. The number of aliphatic hydroxyl groups is 2. The van der Waals surface area contributed by atoms with Gasteiger partial charge in [-0.25, -0.2) is 4.98 Å². The van der Waals surface area contributed by atoms with Gasteiger partial charge >= 0.3 is 0 Å². The Hall–Kier alpha value is -1.60. The molecule has 2 aromatic rings. The first-order valence-electron chi connectivity index (χ1n) is 5.07. The molecule has 1 atom stereocenters. The lowest BCUT2D eigenvalue weighted by Crippen LogP contribution is -2.14. The number of hydrogen-bond donors (Lipinski definition) is 2. The van der Waals surface area contributed by atoms with Crippen LogP contribution in [0.2, 0.25) is 0 Å². The first-order valence-corrected chi connectivity index (χ1v) is 5.07. The van der Waals surface area contributed by atoms with Gasteiger partial charge in [0.05, 0.1) is 6.20 Å². The Morgan fingerprint density at radius 1 is 1.31 bits per heavy atom. The summed E-state index contributed by atoms with van der Waals surface area (Å²) in [7, 11) is 0. The van der Waals surface area contributed by atoms with E-state index in [4.69, 9.17) is 10.2 Å².